The summed E-state index contributed by atoms with van der Waals surface area (Å²) in [6.45, 7) is 2.86. The maximum absolute atomic E-state index is 11.8. The van der Waals surface area contributed by atoms with Crippen molar-refractivity contribution < 1.29 is 14.3 Å². The van der Waals surface area contributed by atoms with Gasteiger partial charge in [-0.05, 0) is 18.1 Å². The van der Waals surface area contributed by atoms with E-state index in [-0.39, 0.29) is 18.1 Å². The van der Waals surface area contributed by atoms with Crippen molar-refractivity contribution in [1.82, 2.24) is 10.2 Å². The predicted octanol–water partition coefficient (Wildman–Crippen LogP) is 1.10. The Morgan fingerprint density at radius 2 is 2.21 bits per heavy atom. The normalized spacial score (nSPS) is 18.3. The highest BCUT2D eigenvalue weighted by Crippen LogP contribution is 2.09. The van der Waals surface area contributed by atoms with E-state index in [1.807, 2.05) is 31.2 Å². The second kappa shape index (κ2) is 5.73. The number of nitrogens with one attached hydrogen (secondary N) is 1. The van der Waals surface area contributed by atoms with Gasteiger partial charge in [0, 0.05) is 7.05 Å². The Morgan fingerprint density at radius 3 is 2.84 bits per heavy atom. The number of carbonyl (C=O) groups excluding carboxylic acids is 2. The summed E-state index contributed by atoms with van der Waals surface area (Å²) in [6.07, 6.45) is -0.236. The monoisotopic (exact) mass is 262 g/mol. The number of aryl methyl sites for hydroxylation is 1. The minimum Gasteiger partial charge on any atom is -0.442 e. The van der Waals surface area contributed by atoms with Gasteiger partial charge in [0.05, 0.1) is 19.5 Å². The molecule has 0 radical (unpaired) electrons. The second-order valence-electron chi connectivity index (χ2n) is 4.79. The van der Waals surface area contributed by atoms with E-state index in [1.165, 1.54) is 4.90 Å². The molecule has 1 aromatic carbocycles. The van der Waals surface area contributed by atoms with Crippen LogP contribution in [0.15, 0.2) is 24.3 Å². The molecule has 0 bridgehead atoms. The molecule has 5 nitrogen and oxygen atoms in total. The minimum absolute atomic E-state index is 0.0556. The average molecular weight is 262 g/mol. The van der Waals surface area contributed by atoms with Crippen molar-refractivity contribution in [2.24, 2.45) is 0 Å². The SMILES string of the molecule is Cc1ccccc1CC(=O)NCC1CN(C)C(=O)O1. The molecule has 5 heteroatoms. The number of hydrogen-bond donors (Lipinski definition) is 1. The summed E-state index contributed by atoms with van der Waals surface area (Å²) < 4.78 is 5.07. The van der Waals surface area contributed by atoms with Gasteiger partial charge in [0.15, 0.2) is 0 Å². The summed E-state index contributed by atoms with van der Waals surface area (Å²) in [4.78, 5) is 24.5. The molecule has 0 aliphatic carbocycles. The average Bonchev–Trinajstić information content (AvgIpc) is 2.69. The third kappa shape index (κ3) is 3.47. The summed E-state index contributed by atoms with van der Waals surface area (Å²) >= 11 is 0. The number of likely N-dealkylation sites (N-methyl/N-ethyl adjacent to an activating group) is 1. The molecule has 2 rings (SSSR count). The molecule has 1 heterocycles. The van der Waals surface area contributed by atoms with Gasteiger partial charge >= 0.3 is 6.09 Å². The number of amides is 2. The van der Waals surface area contributed by atoms with Crippen molar-refractivity contribution in [2.75, 3.05) is 20.1 Å². The van der Waals surface area contributed by atoms with Crippen molar-refractivity contribution in [3.63, 3.8) is 0 Å². The van der Waals surface area contributed by atoms with E-state index in [2.05, 4.69) is 5.32 Å². The number of benzene rings is 1. The van der Waals surface area contributed by atoms with E-state index in [0.29, 0.717) is 19.5 Å². The summed E-state index contributed by atoms with van der Waals surface area (Å²) in [5.74, 6) is -0.0556. The molecule has 0 aromatic heterocycles. The Morgan fingerprint density at radius 1 is 1.47 bits per heavy atom. The van der Waals surface area contributed by atoms with Gasteiger partial charge in [0.2, 0.25) is 5.91 Å². The van der Waals surface area contributed by atoms with Crippen LogP contribution in [0, 0.1) is 6.92 Å². The summed E-state index contributed by atoms with van der Waals surface area (Å²) in [7, 11) is 1.68. The number of ether oxygens (including phenoxy) is 1. The standard InChI is InChI=1S/C14H18N2O3/c1-10-5-3-4-6-11(10)7-13(17)15-8-12-9-16(2)14(18)19-12/h3-6,12H,7-9H2,1-2H3,(H,15,17). The van der Waals surface area contributed by atoms with E-state index in [4.69, 9.17) is 4.74 Å². The second-order valence-corrected chi connectivity index (χ2v) is 4.79. The van der Waals surface area contributed by atoms with Crippen LogP contribution in [0.2, 0.25) is 0 Å². The smallest absolute Gasteiger partial charge is 0.410 e. The van der Waals surface area contributed by atoms with Crippen molar-refractivity contribution >= 4 is 12.0 Å². The summed E-state index contributed by atoms with van der Waals surface area (Å²) in [5, 5.41) is 2.80. The highest BCUT2D eigenvalue weighted by Gasteiger charge is 2.28. The van der Waals surface area contributed by atoms with Crippen molar-refractivity contribution in [3.05, 3.63) is 35.4 Å². The number of hydrogen-bond acceptors (Lipinski definition) is 3. The zero-order valence-electron chi connectivity index (χ0n) is 11.2. The molecule has 1 fully saturated rings. The first kappa shape index (κ1) is 13.4. The highest BCUT2D eigenvalue weighted by molar-refractivity contribution is 5.79. The lowest BCUT2D eigenvalue weighted by Crippen LogP contribution is -2.35. The van der Waals surface area contributed by atoms with Gasteiger partial charge in [-0.2, -0.15) is 0 Å². The molecule has 1 unspecified atom stereocenters. The molecule has 2 amide bonds. The minimum atomic E-state index is -0.335. The fraction of sp³-hybridized carbons (Fsp3) is 0.429. The Bertz CT molecular complexity index is 487. The van der Waals surface area contributed by atoms with E-state index in [9.17, 15) is 9.59 Å². The van der Waals surface area contributed by atoms with Crippen LogP contribution in [0.4, 0.5) is 4.79 Å². The van der Waals surface area contributed by atoms with Crippen LogP contribution in [0.1, 0.15) is 11.1 Å². The molecular weight excluding hydrogens is 244 g/mol. The number of carbonyl (C=O) groups is 2. The molecule has 1 aliphatic heterocycles. The molecule has 0 spiro atoms. The predicted molar refractivity (Wildman–Crippen MR) is 70.8 cm³/mol. The van der Waals surface area contributed by atoms with E-state index in [0.717, 1.165) is 11.1 Å². The van der Waals surface area contributed by atoms with Gasteiger partial charge in [-0.15, -0.1) is 0 Å². The number of cyclic esters (lactones) is 1. The van der Waals surface area contributed by atoms with Gasteiger partial charge < -0.3 is 15.0 Å². The first-order valence-electron chi connectivity index (χ1n) is 6.29. The lowest BCUT2D eigenvalue weighted by molar-refractivity contribution is -0.120. The first-order valence-corrected chi connectivity index (χ1v) is 6.29. The highest BCUT2D eigenvalue weighted by atomic mass is 16.6. The van der Waals surface area contributed by atoms with Crippen LogP contribution in [-0.2, 0) is 16.0 Å². The van der Waals surface area contributed by atoms with E-state index >= 15 is 0 Å². The molecule has 1 atom stereocenters. The zero-order chi connectivity index (χ0) is 13.8. The number of nitrogens with zero attached hydrogens (tertiary/aromatic N) is 1. The molecule has 102 valence electrons. The van der Waals surface area contributed by atoms with E-state index in [1.54, 1.807) is 7.05 Å². The zero-order valence-corrected chi connectivity index (χ0v) is 11.2. The van der Waals surface area contributed by atoms with Crippen LogP contribution in [0.3, 0.4) is 0 Å². The topological polar surface area (TPSA) is 58.6 Å². The van der Waals surface area contributed by atoms with Gasteiger partial charge in [0.25, 0.3) is 0 Å². The van der Waals surface area contributed by atoms with Crippen LogP contribution in [-0.4, -0.2) is 43.1 Å². The molecule has 1 aromatic rings. The molecule has 1 aliphatic rings. The summed E-state index contributed by atoms with van der Waals surface area (Å²) in [6, 6.07) is 7.79. The molecule has 1 N–H and O–H groups in total. The van der Waals surface area contributed by atoms with Gasteiger partial charge in [0.1, 0.15) is 6.10 Å². The maximum atomic E-state index is 11.8. The number of rotatable bonds is 4. The molecule has 19 heavy (non-hydrogen) atoms. The van der Waals surface area contributed by atoms with Crippen LogP contribution >= 0.6 is 0 Å². The van der Waals surface area contributed by atoms with Crippen molar-refractivity contribution in [3.8, 4) is 0 Å². The Kier molecular flexibility index (Phi) is 4.04. The summed E-state index contributed by atoms with van der Waals surface area (Å²) in [5.41, 5.74) is 2.12. The Labute approximate surface area is 112 Å². The third-order valence-electron chi connectivity index (χ3n) is 3.20. The maximum Gasteiger partial charge on any atom is 0.410 e. The lowest BCUT2D eigenvalue weighted by atomic mass is 10.1. The van der Waals surface area contributed by atoms with Crippen LogP contribution in [0.25, 0.3) is 0 Å². The Hall–Kier alpha value is -2.04. The van der Waals surface area contributed by atoms with Gasteiger partial charge in [-0.1, -0.05) is 24.3 Å². The lowest BCUT2D eigenvalue weighted by Gasteiger charge is -2.10. The van der Waals surface area contributed by atoms with Crippen LogP contribution in [0.5, 0.6) is 0 Å². The van der Waals surface area contributed by atoms with Crippen LogP contribution < -0.4 is 5.32 Å². The third-order valence-corrected chi connectivity index (χ3v) is 3.20. The quantitative estimate of drug-likeness (QED) is 0.884. The van der Waals surface area contributed by atoms with Gasteiger partial charge in [-0.25, -0.2) is 4.79 Å². The van der Waals surface area contributed by atoms with E-state index < -0.39 is 0 Å². The largest absolute Gasteiger partial charge is 0.442 e. The fourth-order valence-corrected chi connectivity index (χ4v) is 2.03. The molecule has 0 saturated carbocycles. The van der Waals surface area contributed by atoms with Gasteiger partial charge in [-0.3, -0.25) is 4.79 Å². The Balaban J connectivity index is 1.80. The van der Waals surface area contributed by atoms with Crippen molar-refractivity contribution in [2.45, 2.75) is 19.4 Å². The molecular formula is C14H18N2O3. The molecule has 1 saturated heterocycles. The first-order chi connectivity index (χ1) is 9.06. The van der Waals surface area contributed by atoms with Crippen molar-refractivity contribution in [1.29, 1.82) is 0 Å². The fourth-order valence-electron chi connectivity index (χ4n) is 2.03.